The quantitative estimate of drug-likeness (QED) is 0.464. The maximum atomic E-state index is 11.9. The van der Waals surface area contributed by atoms with Crippen LogP contribution in [0.1, 0.15) is 23.8 Å². The molecule has 0 saturated carbocycles. The maximum Gasteiger partial charge on any atom is 0.214 e. The third-order valence-electron chi connectivity index (χ3n) is 2.31. The number of aliphatic imine (C=N–C) groups is 1. The zero-order valence-electron chi connectivity index (χ0n) is 10.5. The topological polar surface area (TPSA) is 62.5 Å². The van der Waals surface area contributed by atoms with Crippen LogP contribution in [0.25, 0.3) is 0 Å². The highest BCUT2D eigenvalue weighted by Gasteiger charge is 2.05. The van der Waals surface area contributed by atoms with E-state index in [0.717, 1.165) is 11.5 Å². The Morgan fingerprint density at radius 3 is 2.71 bits per heavy atom. The van der Waals surface area contributed by atoms with E-state index in [1.54, 1.807) is 7.05 Å². The molecule has 1 rings (SSSR count). The molecule has 1 heterocycles. The van der Waals surface area contributed by atoms with Crippen molar-refractivity contribution in [2.45, 2.75) is 26.8 Å². The van der Waals surface area contributed by atoms with Gasteiger partial charge in [0.25, 0.3) is 0 Å². The van der Waals surface area contributed by atoms with Crippen molar-refractivity contribution < 1.29 is 8.81 Å². The van der Waals surface area contributed by atoms with Gasteiger partial charge in [-0.05, 0) is 20.3 Å². The Morgan fingerprint density at radius 1 is 1.41 bits per heavy atom. The van der Waals surface area contributed by atoms with Crippen LogP contribution in [0.4, 0.5) is 4.39 Å². The smallest absolute Gasteiger partial charge is 0.214 e. The molecular formula is C11H19FN4O. The van der Waals surface area contributed by atoms with Crippen molar-refractivity contribution in [3.63, 3.8) is 0 Å². The summed E-state index contributed by atoms with van der Waals surface area (Å²) in [6, 6.07) is 0. The molecule has 0 spiro atoms. The van der Waals surface area contributed by atoms with Crippen LogP contribution in [-0.4, -0.2) is 31.2 Å². The number of guanidine groups is 1. The second-order valence-electron chi connectivity index (χ2n) is 3.64. The number of oxazole rings is 1. The molecule has 0 atom stereocenters. The van der Waals surface area contributed by atoms with Gasteiger partial charge in [-0.15, -0.1) is 0 Å². The summed E-state index contributed by atoms with van der Waals surface area (Å²) in [5.41, 5.74) is 0.891. The first-order valence-corrected chi connectivity index (χ1v) is 5.60. The van der Waals surface area contributed by atoms with E-state index in [4.69, 9.17) is 4.42 Å². The molecule has 0 bridgehead atoms. The fourth-order valence-corrected chi connectivity index (χ4v) is 1.27. The molecular weight excluding hydrogens is 223 g/mol. The number of nitrogens with zero attached hydrogens (tertiary/aromatic N) is 2. The minimum Gasteiger partial charge on any atom is -0.444 e. The fourth-order valence-electron chi connectivity index (χ4n) is 1.27. The number of nitrogens with one attached hydrogen (secondary N) is 2. The van der Waals surface area contributed by atoms with Crippen LogP contribution >= 0.6 is 0 Å². The molecule has 5 nitrogen and oxygen atoms in total. The maximum absolute atomic E-state index is 11.9. The number of halogens is 1. The van der Waals surface area contributed by atoms with E-state index in [1.165, 1.54) is 0 Å². The molecule has 0 fully saturated rings. The molecule has 0 aromatic carbocycles. The zero-order valence-corrected chi connectivity index (χ0v) is 10.5. The Morgan fingerprint density at radius 2 is 2.18 bits per heavy atom. The molecule has 1 aromatic rings. The minimum atomic E-state index is -0.331. The van der Waals surface area contributed by atoms with E-state index in [-0.39, 0.29) is 6.67 Å². The van der Waals surface area contributed by atoms with Gasteiger partial charge in [0.05, 0.1) is 18.9 Å². The van der Waals surface area contributed by atoms with Crippen molar-refractivity contribution in [1.82, 2.24) is 15.6 Å². The first-order valence-electron chi connectivity index (χ1n) is 5.60. The molecule has 96 valence electrons. The van der Waals surface area contributed by atoms with Crippen molar-refractivity contribution >= 4 is 5.96 Å². The van der Waals surface area contributed by atoms with Gasteiger partial charge in [0.2, 0.25) is 5.89 Å². The van der Waals surface area contributed by atoms with E-state index in [9.17, 15) is 4.39 Å². The standard InChI is InChI=1S/C11H19FN4O/c1-8-9(2)17-10(16-8)7-15-11(13-3)14-6-4-5-12/h4-7H2,1-3H3,(H2,13,14,15). The van der Waals surface area contributed by atoms with Crippen molar-refractivity contribution in [1.29, 1.82) is 0 Å². The molecule has 0 amide bonds. The minimum absolute atomic E-state index is 0.331. The second kappa shape index (κ2) is 6.88. The van der Waals surface area contributed by atoms with Gasteiger partial charge in [-0.1, -0.05) is 0 Å². The zero-order chi connectivity index (χ0) is 12.7. The van der Waals surface area contributed by atoms with Crippen LogP contribution in [-0.2, 0) is 6.54 Å². The Labute approximate surface area is 101 Å². The predicted octanol–water partition coefficient (Wildman–Crippen LogP) is 1.32. The molecule has 2 N–H and O–H groups in total. The van der Waals surface area contributed by atoms with E-state index >= 15 is 0 Å². The summed E-state index contributed by atoms with van der Waals surface area (Å²) in [6.07, 6.45) is 0.470. The molecule has 0 aliphatic carbocycles. The average Bonchev–Trinajstić information content (AvgIpc) is 2.63. The summed E-state index contributed by atoms with van der Waals surface area (Å²) in [4.78, 5) is 8.25. The van der Waals surface area contributed by atoms with Crippen LogP contribution in [0.2, 0.25) is 0 Å². The van der Waals surface area contributed by atoms with Crippen molar-refractivity contribution in [2.75, 3.05) is 20.3 Å². The third-order valence-corrected chi connectivity index (χ3v) is 2.31. The highest BCUT2D eigenvalue weighted by atomic mass is 19.1. The first-order chi connectivity index (χ1) is 8.17. The number of hydrogen-bond donors (Lipinski definition) is 2. The van der Waals surface area contributed by atoms with Crippen LogP contribution in [0.3, 0.4) is 0 Å². The van der Waals surface area contributed by atoms with E-state index in [2.05, 4.69) is 20.6 Å². The van der Waals surface area contributed by atoms with Gasteiger partial charge in [0, 0.05) is 13.6 Å². The molecule has 0 unspecified atom stereocenters. The monoisotopic (exact) mass is 242 g/mol. The van der Waals surface area contributed by atoms with Crippen LogP contribution < -0.4 is 10.6 Å². The lowest BCUT2D eigenvalue weighted by atomic mass is 10.4. The van der Waals surface area contributed by atoms with Crippen molar-refractivity contribution in [3.8, 4) is 0 Å². The lowest BCUT2D eigenvalue weighted by molar-refractivity contribution is 0.460. The number of hydrogen-bond acceptors (Lipinski definition) is 3. The lowest BCUT2D eigenvalue weighted by Crippen LogP contribution is -2.37. The molecule has 0 aliphatic rings. The number of rotatable bonds is 5. The summed E-state index contributed by atoms with van der Waals surface area (Å²) in [5.74, 6) is 2.06. The van der Waals surface area contributed by atoms with Crippen LogP contribution in [0.5, 0.6) is 0 Å². The second-order valence-corrected chi connectivity index (χ2v) is 3.64. The summed E-state index contributed by atoms with van der Waals surface area (Å²) >= 11 is 0. The highest BCUT2D eigenvalue weighted by molar-refractivity contribution is 5.79. The number of alkyl halides is 1. The summed E-state index contributed by atoms with van der Waals surface area (Å²) in [7, 11) is 1.66. The molecule has 1 aromatic heterocycles. The van der Waals surface area contributed by atoms with Gasteiger partial charge in [-0.2, -0.15) is 0 Å². The Balaban J connectivity index is 2.37. The molecule has 0 saturated heterocycles. The fraction of sp³-hybridized carbons (Fsp3) is 0.636. The van der Waals surface area contributed by atoms with Crippen molar-refractivity contribution in [2.24, 2.45) is 4.99 Å². The Kier molecular flexibility index (Phi) is 5.45. The SMILES string of the molecule is CN=C(NCCCF)NCc1nc(C)c(C)o1. The van der Waals surface area contributed by atoms with Gasteiger partial charge >= 0.3 is 0 Å². The molecule has 0 aliphatic heterocycles. The number of aryl methyl sites for hydroxylation is 2. The van der Waals surface area contributed by atoms with E-state index in [0.29, 0.717) is 31.4 Å². The van der Waals surface area contributed by atoms with Crippen LogP contribution in [0, 0.1) is 13.8 Å². The van der Waals surface area contributed by atoms with Crippen LogP contribution in [0.15, 0.2) is 9.41 Å². The predicted molar refractivity (Wildman–Crippen MR) is 64.8 cm³/mol. The number of aromatic nitrogens is 1. The van der Waals surface area contributed by atoms with Crippen molar-refractivity contribution in [3.05, 3.63) is 17.3 Å². The molecule has 6 heteroatoms. The summed E-state index contributed by atoms with van der Waals surface area (Å²) < 4.78 is 17.3. The van der Waals surface area contributed by atoms with Gasteiger partial charge in [0.1, 0.15) is 5.76 Å². The third kappa shape index (κ3) is 4.42. The van der Waals surface area contributed by atoms with E-state index in [1.807, 2.05) is 13.8 Å². The Bertz CT molecular complexity index is 356. The van der Waals surface area contributed by atoms with Gasteiger partial charge in [-0.3, -0.25) is 9.38 Å². The molecule has 17 heavy (non-hydrogen) atoms. The van der Waals surface area contributed by atoms with Gasteiger partial charge < -0.3 is 15.1 Å². The highest BCUT2D eigenvalue weighted by Crippen LogP contribution is 2.07. The normalized spacial score (nSPS) is 11.6. The van der Waals surface area contributed by atoms with Gasteiger partial charge in [-0.25, -0.2) is 4.98 Å². The molecule has 0 radical (unpaired) electrons. The average molecular weight is 242 g/mol. The largest absolute Gasteiger partial charge is 0.444 e. The summed E-state index contributed by atoms with van der Waals surface area (Å²) in [5, 5.41) is 6.04. The lowest BCUT2D eigenvalue weighted by Gasteiger charge is -2.09. The van der Waals surface area contributed by atoms with Gasteiger partial charge in [0.15, 0.2) is 5.96 Å². The Hall–Kier alpha value is -1.59. The summed E-state index contributed by atoms with van der Waals surface area (Å²) in [6.45, 7) is 4.46. The first kappa shape index (κ1) is 13.5. The van der Waals surface area contributed by atoms with E-state index < -0.39 is 0 Å².